The van der Waals surface area contributed by atoms with Gasteiger partial charge < -0.3 is 10.0 Å². The number of aliphatic hydroxyl groups is 1. The Morgan fingerprint density at radius 1 is 1.55 bits per heavy atom. The SMILES string of the molecule is CCc1nc(C)c(C(C)N(C)C(=O)C2CCCC2O)s1. The number of amides is 1. The smallest absolute Gasteiger partial charge is 0.228 e. The van der Waals surface area contributed by atoms with E-state index in [4.69, 9.17) is 0 Å². The van der Waals surface area contributed by atoms with Crippen LogP contribution in [-0.2, 0) is 11.2 Å². The van der Waals surface area contributed by atoms with Crippen LogP contribution in [0.15, 0.2) is 0 Å². The minimum atomic E-state index is -0.467. The highest BCUT2D eigenvalue weighted by Crippen LogP contribution is 2.33. The van der Waals surface area contributed by atoms with Crippen molar-refractivity contribution >= 4 is 17.2 Å². The van der Waals surface area contributed by atoms with E-state index in [1.54, 1.807) is 16.2 Å². The second kappa shape index (κ2) is 6.22. The summed E-state index contributed by atoms with van der Waals surface area (Å²) in [6, 6.07) is 0.0214. The van der Waals surface area contributed by atoms with Crippen molar-refractivity contribution in [1.82, 2.24) is 9.88 Å². The summed E-state index contributed by atoms with van der Waals surface area (Å²) in [7, 11) is 1.84. The second-order valence-corrected chi connectivity index (χ2v) is 6.76. The zero-order valence-corrected chi connectivity index (χ0v) is 13.5. The zero-order valence-electron chi connectivity index (χ0n) is 12.7. The molecular formula is C15H24N2O2S. The number of hydrogen-bond donors (Lipinski definition) is 1. The van der Waals surface area contributed by atoms with Crippen LogP contribution in [0.2, 0.25) is 0 Å². The van der Waals surface area contributed by atoms with Gasteiger partial charge in [-0.15, -0.1) is 11.3 Å². The molecule has 3 atom stereocenters. The van der Waals surface area contributed by atoms with Gasteiger partial charge in [-0.2, -0.15) is 0 Å². The summed E-state index contributed by atoms with van der Waals surface area (Å²) >= 11 is 1.69. The van der Waals surface area contributed by atoms with Crippen LogP contribution in [0, 0.1) is 12.8 Å². The van der Waals surface area contributed by atoms with Crippen molar-refractivity contribution in [1.29, 1.82) is 0 Å². The number of hydrogen-bond acceptors (Lipinski definition) is 4. The lowest BCUT2D eigenvalue weighted by Crippen LogP contribution is -2.37. The van der Waals surface area contributed by atoms with Crippen LogP contribution in [0.4, 0.5) is 0 Å². The lowest BCUT2D eigenvalue weighted by atomic mass is 10.0. The highest BCUT2D eigenvalue weighted by Gasteiger charge is 2.35. The summed E-state index contributed by atoms with van der Waals surface area (Å²) in [6.07, 6.45) is 2.96. The highest BCUT2D eigenvalue weighted by atomic mass is 32.1. The standard InChI is InChI=1S/C15H24N2O2S/c1-5-13-16-9(2)14(20-13)10(3)17(4)15(19)11-7-6-8-12(11)18/h10-12,18H,5-8H2,1-4H3. The normalized spacial score (nSPS) is 23.9. The quantitative estimate of drug-likeness (QED) is 0.929. The third kappa shape index (κ3) is 2.88. The van der Waals surface area contributed by atoms with E-state index in [2.05, 4.69) is 11.9 Å². The van der Waals surface area contributed by atoms with E-state index in [0.717, 1.165) is 41.3 Å². The number of rotatable bonds is 4. The van der Waals surface area contributed by atoms with Gasteiger partial charge in [0.1, 0.15) is 0 Å². The fourth-order valence-electron chi connectivity index (χ4n) is 2.86. The molecule has 0 bridgehead atoms. The van der Waals surface area contributed by atoms with Crippen LogP contribution < -0.4 is 0 Å². The molecular weight excluding hydrogens is 272 g/mol. The molecule has 0 aromatic carbocycles. The summed E-state index contributed by atoms with van der Waals surface area (Å²) in [6.45, 7) is 6.14. The molecule has 1 aliphatic rings. The molecule has 0 aliphatic heterocycles. The van der Waals surface area contributed by atoms with Crippen molar-refractivity contribution in [2.24, 2.45) is 5.92 Å². The molecule has 0 radical (unpaired) electrons. The number of aryl methyl sites for hydroxylation is 2. The maximum absolute atomic E-state index is 12.5. The Balaban J connectivity index is 2.13. The number of carbonyl (C=O) groups is 1. The van der Waals surface area contributed by atoms with Gasteiger partial charge in [-0.1, -0.05) is 6.92 Å². The van der Waals surface area contributed by atoms with Gasteiger partial charge >= 0.3 is 0 Å². The topological polar surface area (TPSA) is 53.4 Å². The van der Waals surface area contributed by atoms with E-state index in [1.807, 2.05) is 20.9 Å². The van der Waals surface area contributed by atoms with E-state index < -0.39 is 6.10 Å². The summed E-state index contributed by atoms with van der Waals surface area (Å²) in [5, 5.41) is 11.0. The Bertz CT molecular complexity index is 486. The number of thiazole rings is 1. The van der Waals surface area contributed by atoms with Gasteiger partial charge in [-0.3, -0.25) is 4.79 Å². The lowest BCUT2D eigenvalue weighted by Gasteiger charge is -2.28. The van der Waals surface area contributed by atoms with Gasteiger partial charge in [-0.05, 0) is 39.5 Å². The molecule has 20 heavy (non-hydrogen) atoms. The molecule has 1 amide bonds. The van der Waals surface area contributed by atoms with Crippen LogP contribution in [0.3, 0.4) is 0 Å². The molecule has 112 valence electrons. The first-order valence-corrected chi connectivity index (χ1v) is 8.18. The predicted octanol–water partition coefficient (Wildman–Crippen LogP) is 2.69. The number of aliphatic hydroxyl groups excluding tert-OH is 1. The largest absolute Gasteiger partial charge is 0.392 e. The van der Waals surface area contributed by atoms with Crippen LogP contribution in [0.25, 0.3) is 0 Å². The average molecular weight is 296 g/mol. The second-order valence-electron chi connectivity index (χ2n) is 5.64. The highest BCUT2D eigenvalue weighted by molar-refractivity contribution is 7.11. The summed E-state index contributed by atoms with van der Waals surface area (Å²) in [5.41, 5.74) is 1.02. The van der Waals surface area contributed by atoms with Crippen LogP contribution in [0.1, 0.15) is 54.7 Å². The molecule has 3 unspecified atom stereocenters. The van der Waals surface area contributed by atoms with Crippen LogP contribution in [0.5, 0.6) is 0 Å². The monoisotopic (exact) mass is 296 g/mol. The van der Waals surface area contributed by atoms with Crippen molar-refractivity contribution in [2.45, 2.75) is 58.6 Å². The van der Waals surface area contributed by atoms with Crippen molar-refractivity contribution in [3.63, 3.8) is 0 Å². The fourth-order valence-corrected chi connectivity index (χ4v) is 3.96. The first-order valence-electron chi connectivity index (χ1n) is 7.36. The molecule has 1 aromatic heterocycles. The predicted molar refractivity (Wildman–Crippen MR) is 80.8 cm³/mol. The Morgan fingerprint density at radius 2 is 2.25 bits per heavy atom. The molecule has 1 heterocycles. The lowest BCUT2D eigenvalue weighted by molar-refractivity contribution is -0.138. The first-order chi connectivity index (χ1) is 9.45. The van der Waals surface area contributed by atoms with E-state index in [9.17, 15) is 9.90 Å². The molecule has 5 heteroatoms. The van der Waals surface area contributed by atoms with Gasteiger partial charge in [0, 0.05) is 11.9 Å². The summed E-state index contributed by atoms with van der Waals surface area (Å²) < 4.78 is 0. The Labute approximate surface area is 124 Å². The van der Waals surface area contributed by atoms with Gasteiger partial charge in [0.2, 0.25) is 5.91 Å². The molecule has 0 saturated heterocycles. The van der Waals surface area contributed by atoms with Gasteiger partial charge in [0.25, 0.3) is 0 Å². The van der Waals surface area contributed by atoms with Crippen molar-refractivity contribution in [2.75, 3.05) is 7.05 Å². The van der Waals surface area contributed by atoms with Crippen LogP contribution in [-0.4, -0.2) is 34.0 Å². The molecule has 0 spiro atoms. The number of nitrogens with zero attached hydrogens (tertiary/aromatic N) is 2. The van der Waals surface area contributed by atoms with Gasteiger partial charge in [0.15, 0.2) is 0 Å². The third-order valence-corrected chi connectivity index (χ3v) is 5.76. The first kappa shape index (κ1) is 15.4. The maximum atomic E-state index is 12.5. The van der Waals surface area contributed by atoms with E-state index in [0.29, 0.717) is 0 Å². The summed E-state index contributed by atoms with van der Waals surface area (Å²) in [4.78, 5) is 20.0. The van der Waals surface area contributed by atoms with E-state index in [-0.39, 0.29) is 17.9 Å². The number of aromatic nitrogens is 1. The Kier molecular flexibility index (Phi) is 4.81. The minimum absolute atomic E-state index is 0.0214. The maximum Gasteiger partial charge on any atom is 0.228 e. The minimum Gasteiger partial charge on any atom is -0.392 e. The third-order valence-electron chi connectivity index (χ3n) is 4.28. The van der Waals surface area contributed by atoms with Gasteiger partial charge in [0.05, 0.1) is 28.8 Å². The summed E-state index contributed by atoms with van der Waals surface area (Å²) in [5.74, 6) is -0.158. The van der Waals surface area contributed by atoms with Gasteiger partial charge in [-0.25, -0.2) is 4.98 Å². The fraction of sp³-hybridized carbons (Fsp3) is 0.733. The molecule has 1 saturated carbocycles. The molecule has 1 aliphatic carbocycles. The average Bonchev–Trinajstić information content (AvgIpc) is 3.02. The molecule has 2 rings (SSSR count). The van der Waals surface area contributed by atoms with Crippen molar-refractivity contribution < 1.29 is 9.90 Å². The van der Waals surface area contributed by atoms with Crippen LogP contribution >= 0.6 is 11.3 Å². The Morgan fingerprint density at radius 3 is 2.75 bits per heavy atom. The number of carbonyl (C=O) groups excluding carboxylic acids is 1. The molecule has 1 N–H and O–H groups in total. The van der Waals surface area contributed by atoms with E-state index in [1.165, 1.54) is 0 Å². The molecule has 4 nitrogen and oxygen atoms in total. The van der Waals surface area contributed by atoms with Crippen molar-refractivity contribution in [3.8, 4) is 0 Å². The van der Waals surface area contributed by atoms with E-state index >= 15 is 0 Å². The molecule has 1 aromatic rings. The Hall–Kier alpha value is -0.940. The molecule has 1 fully saturated rings. The zero-order chi connectivity index (χ0) is 14.9. The van der Waals surface area contributed by atoms with Crippen molar-refractivity contribution in [3.05, 3.63) is 15.6 Å².